The number of carboxylic acids is 1. The standard InChI is InChI=1S/C17H19F3N2O3/c1-4-15-21-12(16(23)24)9-22(15)13-6-5-11(8-14(13)25-3)7-10(2)17(18,19)20/h5-6,8-10H,4,7H2,1-3H3,(H,23,24)/t10-/m0/s1. The van der Waals surface area contributed by atoms with Gasteiger partial charge in [0, 0.05) is 12.6 Å². The van der Waals surface area contributed by atoms with Crippen LogP contribution in [0.1, 0.15) is 35.7 Å². The monoisotopic (exact) mass is 356 g/mol. The molecule has 0 spiro atoms. The van der Waals surface area contributed by atoms with Crippen LogP contribution in [0.4, 0.5) is 13.2 Å². The van der Waals surface area contributed by atoms with E-state index in [0.29, 0.717) is 29.2 Å². The van der Waals surface area contributed by atoms with Gasteiger partial charge in [-0.1, -0.05) is 19.9 Å². The Morgan fingerprint density at radius 1 is 1.40 bits per heavy atom. The van der Waals surface area contributed by atoms with Crippen molar-refractivity contribution < 1.29 is 27.8 Å². The van der Waals surface area contributed by atoms with Gasteiger partial charge in [-0.05, 0) is 24.1 Å². The maximum Gasteiger partial charge on any atom is 0.391 e. The minimum atomic E-state index is -4.26. The predicted octanol–water partition coefficient (Wildman–Crippen LogP) is 3.88. The molecule has 0 aliphatic carbocycles. The van der Waals surface area contributed by atoms with E-state index >= 15 is 0 Å². The molecule has 1 atom stereocenters. The normalized spacial score (nSPS) is 12.9. The first-order valence-corrected chi connectivity index (χ1v) is 7.72. The van der Waals surface area contributed by atoms with Crippen LogP contribution in [0.3, 0.4) is 0 Å². The molecule has 1 aromatic heterocycles. The number of imidazole rings is 1. The van der Waals surface area contributed by atoms with Crippen LogP contribution < -0.4 is 4.74 Å². The Hall–Kier alpha value is -2.51. The van der Waals surface area contributed by atoms with Gasteiger partial charge in [0.15, 0.2) is 5.69 Å². The first-order valence-electron chi connectivity index (χ1n) is 7.72. The van der Waals surface area contributed by atoms with Crippen LogP contribution in [0, 0.1) is 5.92 Å². The second kappa shape index (κ2) is 7.16. The van der Waals surface area contributed by atoms with Gasteiger partial charge in [0.25, 0.3) is 0 Å². The number of hydrogen-bond acceptors (Lipinski definition) is 3. The number of aromatic carboxylic acids is 1. The number of ether oxygens (including phenoxy) is 1. The molecule has 0 amide bonds. The third kappa shape index (κ3) is 4.12. The van der Waals surface area contributed by atoms with Crippen molar-refractivity contribution in [3.63, 3.8) is 0 Å². The highest BCUT2D eigenvalue weighted by atomic mass is 19.4. The van der Waals surface area contributed by atoms with Crippen molar-refractivity contribution in [3.8, 4) is 11.4 Å². The lowest BCUT2D eigenvalue weighted by Gasteiger charge is -2.17. The zero-order valence-corrected chi connectivity index (χ0v) is 14.1. The fourth-order valence-electron chi connectivity index (χ4n) is 2.50. The predicted molar refractivity (Wildman–Crippen MR) is 85.4 cm³/mol. The summed E-state index contributed by atoms with van der Waals surface area (Å²) in [6.45, 7) is 2.96. The molecule has 0 unspecified atom stereocenters. The number of halogens is 3. The maximum atomic E-state index is 12.7. The number of carboxylic acid groups (broad SMARTS) is 1. The van der Waals surface area contributed by atoms with Crippen molar-refractivity contribution in [1.82, 2.24) is 9.55 Å². The molecule has 1 N–H and O–H groups in total. The minimum absolute atomic E-state index is 0.103. The van der Waals surface area contributed by atoms with Gasteiger partial charge in [-0.2, -0.15) is 13.2 Å². The van der Waals surface area contributed by atoms with Gasteiger partial charge in [-0.25, -0.2) is 9.78 Å². The Kier molecular flexibility index (Phi) is 5.39. The van der Waals surface area contributed by atoms with Crippen molar-refractivity contribution in [2.45, 2.75) is 32.9 Å². The summed E-state index contributed by atoms with van der Waals surface area (Å²) in [5.74, 6) is -1.74. The van der Waals surface area contributed by atoms with E-state index in [-0.39, 0.29) is 12.1 Å². The van der Waals surface area contributed by atoms with E-state index < -0.39 is 18.1 Å². The van der Waals surface area contributed by atoms with E-state index in [2.05, 4.69) is 4.98 Å². The smallest absolute Gasteiger partial charge is 0.391 e. The van der Waals surface area contributed by atoms with Crippen molar-refractivity contribution in [2.24, 2.45) is 5.92 Å². The van der Waals surface area contributed by atoms with Gasteiger partial charge >= 0.3 is 12.1 Å². The van der Waals surface area contributed by atoms with Crippen LogP contribution >= 0.6 is 0 Å². The summed E-state index contributed by atoms with van der Waals surface area (Å²) >= 11 is 0. The number of aryl methyl sites for hydroxylation is 1. The summed E-state index contributed by atoms with van der Waals surface area (Å²) in [6, 6.07) is 4.74. The van der Waals surface area contributed by atoms with E-state index in [1.807, 2.05) is 6.92 Å². The van der Waals surface area contributed by atoms with E-state index in [1.165, 1.54) is 19.4 Å². The second-order valence-electron chi connectivity index (χ2n) is 5.72. The lowest BCUT2D eigenvalue weighted by atomic mass is 10.00. The largest absolute Gasteiger partial charge is 0.495 e. The Morgan fingerprint density at radius 2 is 2.08 bits per heavy atom. The summed E-state index contributed by atoms with van der Waals surface area (Å²) in [6.07, 6.45) is -2.56. The van der Waals surface area contributed by atoms with Crippen LogP contribution in [-0.2, 0) is 12.8 Å². The molecule has 5 nitrogen and oxygen atoms in total. The number of methoxy groups -OCH3 is 1. The summed E-state index contributed by atoms with van der Waals surface area (Å²) < 4.78 is 45.1. The van der Waals surface area contributed by atoms with Gasteiger partial charge in [0.1, 0.15) is 11.6 Å². The molecule has 1 heterocycles. The van der Waals surface area contributed by atoms with Crippen molar-refractivity contribution >= 4 is 5.97 Å². The number of hydrogen-bond donors (Lipinski definition) is 1. The lowest BCUT2D eigenvalue weighted by molar-refractivity contribution is -0.169. The molecule has 0 saturated carbocycles. The van der Waals surface area contributed by atoms with Gasteiger partial charge in [0.2, 0.25) is 0 Å². The molecule has 136 valence electrons. The molecule has 0 bridgehead atoms. The number of aromatic nitrogens is 2. The van der Waals surface area contributed by atoms with Crippen molar-refractivity contribution in [1.29, 1.82) is 0 Å². The second-order valence-corrected chi connectivity index (χ2v) is 5.72. The number of carbonyl (C=O) groups is 1. The van der Waals surface area contributed by atoms with E-state index in [4.69, 9.17) is 9.84 Å². The molecule has 25 heavy (non-hydrogen) atoms. The first kappa shape index (κ1) is 18.8. The summed E-state index contributed by atoms with van der Waals surface area (Å²) in [4.78, 5) is 15.2. The molecule has 8 heteroatoms. The Morgan fingerprint density at radius 3 is 2.60 bits per heavy atom. The number of nitrogens with zero attached hydrogens (tertiary/aromatic N) is 2. The lowest BCUT2D eigenvalue weighted by Crippen LogP contribution is -2.21. The zero-order valence-electron chi connectivity index (χ0n) is 14.1. The molecule has 2 aromatic rings. The summed E-state index contributed by atoms with van der Waals surface area (Å²) in [5.41, 5.74) is 0.915. The molecule has 0 aliphatic rings. The zero-order chi connectivity index (χ0) is 18.8. The topological polar surface area (TPSA) is 64.3 Å². The highest BCUT2D eigenvalue weighted by Crippen LogP contribution is 2.31. The average Bonchev–Trinajstić information content (AvgIpc) is 2.98. The van der Waals surface area contributed by atoms with E-state index in [9.17, 15) is 18.0 Å². The molecule has 0 saturated heterocycles. The fraction of sp³-hybridized carbons (Fsp3) is 0.412. The minimum Gasteiger partial charge on any atom is -0.495 e. The Balaban J connectivity index is 2.42. The molecule has 0 fully saturated rings. The van der Waals surface area contributed by atoms with Crippen LogP contribution in [-0.4, -0.2) is 33.9 Å². The van der Waals surface area contributed by atoms with Gasteiger partial charge in [-0.15, -0.1) is 0 Å². The highest BCUT2D eigenvalue weighted by molar-refractivity contribution is 5.85. The number of alkyl halides is 3. The van der Waals surface area contributed by atoms with Crippen molar-refractivity contribution in [2.75, 3.05) is 7.11 Å². The van der Waals surface area contributed by atoms with Gasteiger partial charge in [-0.3, -0.25) is 4.57 Å². The summed E-state index contributed by atoms with van der Waals surface area (Å²) in [5, 5.41) is 9.10. The Labute approximate surface area is 143 Å². The van der Waals surface area contributed by atoms with E-state index in [1.54, 1.807) is 16.7 Å². The van der Waals surface area contributed by atoms with E-state index in [0.717, 1.165) is 6.92 Å². The molecule has 0 radical (unpaired) electrons. The van der Waals surface area contributed by atoms with Gasteiger partial charge in [0.05, 0.1) is 18.7 Å². The SMILES string of the molecule is CCc1nc(C(=O)O)cn1-c1ccc(C[C@H](C)C(F)(F)F)cc1OC. The molecular weight excluding hydrogens is 337 g/mol. The molecule has 2 rings (SSSR count). The first-order chi connectivity index (χ1) is 11.7. The highest BCUT2D eigenvalue weighted by Gasteiger charge is 2.35. The average molecular weight is 356 g/mol. The number of rotatable bonds is 6. The van der Waals surface area contributed by atoms with Gasteiger partial charge < -0.3 is 9.84 Å². The molecule has 0 aliphatic heterocycles. The summed E-state index contributed by atoms with van der Waals surface area (Å²) in [7, 11) is 1.41. The third-order valence-electron chi connectivity index (χ3n) is 3.92. The quantitative estimate of drug-likeness (QED) is 0.853. The maximum absolute atomic E-state index is 12.7. The number of benzene rings is 1. The van der Waals surface area contributed by atoms with Crippen LogP contribution in [0.2, 0.25) is 0 Å². The molecular formula is C17H19F3N2O3. The fourth-order valence-corrected chi connectivity index (χ4v) is 2.50. The van der Waals surface area contributed by atoms with Crippen molar-refractivity contribution in [3.05, 3.63) is 41.5 Å². The van der Waals surface area contributed by atoms with Crippen LogP contribution in [0.15, 0.2) is 24.4 Å². The van der Waals surface area contributed by atoms with Crippen LogP contribution in [0.25, 0.3) is 5.69 Å². The third-order valence-corrected chi connectivity index (χ3v) is 3.92. The van der Waals surface area contributed by atoms with Crippen LogP contribution in [0.5, 0.6) is 5.75 Å². The molecule has 1 aromatic carbocycles. The Bertz CT molecular complexity index is 769.